The van der Waals surface area contributed by atoms with E-state index in [4.69, 9.17) is 0 Å². The van der Waals surface area contributed by atoms with E-state index in [0.717, 1.165) is 18.7 Å². The van der Waals surface area contributed by atoms with Crippen LogP contribution >= 0.6 is 0 Å². The van der Waals surface area contributed by atoms with Gasteiger partial charge in [-0.05, 0) is 13.3 Å². The molecular formula is C10H14N2. The first kappa shape index (κ1) is 8.78. The van der Waals surface area contributed by atoms with Crippen molar-refractivity contribution in [1.29, 1.82) is 0 Å². The molecular weight excluding hydrogens is 148 g/mol. The Bertz CT molecular complexity index is 241. The van der Waals surface area contributed by atoms with Gasteiger partial charge in [-0.1, -0.05) is 18.7 Å². The molecule has 0 bridgehead atoms. The highest BCUT2D eigenvalue weighted by molar-refractivity contribution is 5.85. The molecule has 0 spiro atoms. The number of allylic oxidation sites excluding steroid dienone is 1. The molecule has 0 unspecified atom stereocenters. The van der Waals surface area contributed by atoms with E-state index in [9.17, 15) is 0 Å². The molecule has 0 radical (unpaired) electrons. The van der Waals surface area contributed by atoms with Crippen LogP contribution in [-0.4, -0.2) is 10.7 Å². The summed E-state index contributed by atoms with van der Waals surface area (Å²) in [6.45, 7) is 9.45. The van der Waals surface area contributed by atoms with Crippen LogP contribution in [0.5, 0.6) is 0 Å². The maximum atomic E-state index is 4.29. The van der Waals surface area contributed by atoms with Gasteiger partial charge >= 0.3 is 0 Å². The number of rotatable bonds is 2. The Morgan fingerprint density at radius 1 is 1.42 bits per heavy atom. The summed E-state index contributed by atoms with van der Waals surface area (Å²) in [7, 11) is 0. The van der Waals surface area contributed by atoms with Gasteiger partial charge in [0.15, 0.2) is 0 Å². The van der Waals surface area contributed by atoms with E-state index < -0.39 is 0 Å². The first-order valence-corrected chi connectivity index (χ1v) is 4.03. The van der Waals surface area contributed by atoms with Gasteiger partial charge in [0.05, 0.1) is 0 Å². The Balaban J connectivity index is 2.75. The molecule has 0 saturated carbocycles. The lowest BCUT2D eigenvalue weighted by molar-refractivity contribution is 0.719. The van der Waals surface area contributed by atoms with Crippen LogP contribution < -0.4 is 0 Å². The van der Waals surface area contributed by atoms with Crippen LogP contribution in [0.1, 0.15) is 19.8 Å². The highest BCUT2D eigenvalue weighted by Gasteiger charge is 2.07. The van der Waals surface area contributed by atoms with Gasteiger partial charge in [0, 0.05) is 25.0 Å². The number of amidine groups is 1. The van der Waals surface area contributed by atoms with E-state index in [1.54, 1.807) is 12.4 Å². The standard InChI is InChI=1S/C10H14N2/c1-4-12(5-2)10-7-6-9(3)8-11-10/h4-5,8H,1-2,6-7H2,3H3. The lowest BCUT2D eigenvalue weighted by Crippen LogP contribution is -2.20. The van der Waals surface area contributed by atoms with Crippen molar-refractivity contribution in [2.24, 2.45) is 4.99 Å². The summed E-state index contributed by atoms with van der Waals surface area (Å²) in [5.74, 6) is 1.02. The molecule has 0 saturated heterocycles. The Morgan fingerprint density at radius 3 is 2.50 bits per heavy atom. The van der Waals surface area contributed by atoms with E-state index in [2.05, 4.69) is 25.1 Å². The molecule has 2 heteroatoms. The molecule has 0 aliphatic carbocycles. The molecule has 0 aromatic heterocycles. The summed E-state index contributed by atoms with van der Waals surface area (Å²) in [5.41, 5.74) is 1.33. The highest BCUT2D eigenvalue weighted by Crippen LogP contribution is 2.13. The molecule has 0 aromatic rings. The summed E-state index contributed by atoms with van der Waals surface area (Å²) in [6, 6.07) is 0. The second-order valence-corrected chi connectivity index (χ2v) is 2.79. The zero-order chi connectivity index (χ0) is 8.97. The van der Waals surface area contributed by atoms with Crippen molar-refractivity contribution in [2.45, 2.75) is 19.8 Å². The van der Waals surface area contributed by atoms with Gasteiger partial charge in [0.1, 0.15) is 5.84 Å². The minimum absolute atomic E-state index is 0.973. The van der Waals surface area contributed by atoms with Crippen LogP contribution in [0.4, 0.5) is 0 Å². The topological polar surface area (TPSA) is 15.6 Å². The van der Waals surface area contributed by atoms with E-state index in [1.807, 2.05) is 11.1 Å². The Morgan fingerprint density at radius 2 is 2.08 bits per heavy atom. The van der Waals surface area contributed by atoms with Crippen LogP contribution in [0.2, 0.25) is 0 Å². The summed E-state index contributed by atoms with van der Waals surface area (Å²) < 4.78 is 0. The largest absolute Gasteiger partial charge is 0.313 e. The van der Waals surface area contributed by atoms with Crippen molar-refractivity contribution in [3.8, 4) is 0 Å². The molecule has 12 heavy (non-hydrogen) atoms. The molecule has 0 amide bonds. The van der Waals surface area contributed by atoms with Crippen molar-refractivity contribution >= 4 is 5.84 Å². The van der Waals surface area contributed by atoms with Crippen LogP contribution in [0.15, 0.2) is 42.3 Å². The number of hydrogen-bond donors (Lipinski definition) is 0. The molecule has 1 rings (SSSR count). The first-order valence-electron chi connectivity index (χ1n) is 4.03. The third-order valence-electron chi connectivity index (χ3n) is 1.87. The normalized spacial score (nSPS) is 16.1. The number of hydrogen-bond acceptors (Lipinski definition) is 2. The van der Waals surface area contributed by atoms with Crippen molar-refractivity contribution in [2.75, 3.05) is 0 Å². The second kappa shape index (κ2) is 3.90. The van der Waals surface area contributed by atoms with Crippen molar-refractivity contribution in [3.05, 3.63) is 37.3 Å². The molecule has 1 heterocycles. The number of aliphatic imine (C=N–C) groups is 1. The average molecular weight is 162 g/mol. The molecule has 2 nitrogen and oxygen atoms in total. The smallest absolute Gasteiger partial charge is 0.112 e. The third-order valence-corrected chi connectivity index (χ3v) is 1.87. The highest BCUT2D eigenvalue weighted by atomic mass is 15.2. The summed E-state index contributed by atoms with van der Waals surface area (Å²) in [4.78, 5) is 6.14. The summed E-state index contributed by atoms with van der Waals surface area (Å²) >= 11 is 0. The van der Waals surface area contributed by atoms with Crippen LogP contribution in [-0.2, 0) is 0 Å². The fourth-order valence-electron chi connectivity index (χ4n) is 1.10. The molecule has 0 N–H and O–H groups in total. The van der Waals surface area contributed by atoms with Gasteiger partial charge in [-0.25, -0.2) is 4.99 Å². The maximum Gasteiger partial charge on any atom is 0.112 e. The van der Waals surface area contributed by atoms with E-state index >= 15 is 0 Å². The van der Waals surface area contributed by atoms with Crippen molar-refractivity contribution in [1.82, 2.24) is 4.90 Å². The van der Waals surface area contributed by atoms with Gasteiger partial charge in [-0.15, -0.1) is 0 Å². The summed E-state index contributed by atoms with van der Waals surface area (Å²) in [5, 5.41) is 0. The van der Waals surface area contributed by atoms with E-state index in [1.165, 1.54) is 5.57 Å². The van der Waals surface area contributed by atoms with Crippen LogP contribution in [0, 0.1) is 0 Å². The fourth-order valence-corrected chi connectivity index (χ4v) is 1.10. The summed E-state index contributed by atoms with van der Waals surface area (Å²) in [6.07, 6.45) is 7.40. The van der Waals surface area contributed by atoms with Gasteiger partial charge in [0.2, 0.25) is 0 Å². The van der Waals surface area contributed by atoms with Gasteiger partial charge in [0.25, 0.3) is 0 Å². The van der Waals surface area contributed by atoms with E-state index in [-0.39, 0.29) is 0 Å². The first-order chi connectivity index (χ1) is 5.77. The zero-order valence-corrected chi connectivity index (χ0v) is 7.45. The Kier molecular flexibility index (Phi) is 2.86. The Hall–Kier alpha value is -1.31. The van der Waals surface area contributed by atoms with Crippen molar-refractivity contribution < 1.29 is 0 Å². The lowest BCUT2D eigenvalue weighted by atomic mass is 10.1. The van der Waals surface area contributed by atoms with Crippen LogP contribution in [0.25, 0.3) is 0 Å². The quantitative estimate of drug-likeness (QED) is 0.609. The van der Waals surface area contributed by atoms with E-state index in [0.29, 0.717) is 0 Å². The molecule has 0 fully saturated rings. The van der Waals surface area contributed by atoms with Gasteiger partial charge < -0.3 is 4.90 Å². The molecule has 64 valence electrons. The average Bonchev–Trinajstić information content (AvgIpc) is 2.10. The minimum atomic E-state index is 0.973. The fraction of sp³-hybridized carbons (Fsp3) is 0.300. The molecule has 1 aliphatic heterocycles. The predicted octanol–water partition coefficient (Wildman–Crippen LogP) is 2.67. The van der Waals surface area contributed by atoms with Gasteiger partial charge in [-0.3, -0.25) is 0 Å². The molecule has 0 aromatic carbocycles. The molecule has 0 atom stereocenters. The minimum Gasteiger partial charge on any atom is -0.313 e. The maximum absolute atomic E-state index is 4.29. The number of nitrogens with zero attached hydrogens (tertiary/aromatic N) is 2. The third kappa shape index (κ3) is 1.84. The molecule has 1 aliphatic rings. The zero-order valence-electron chi connectivity index (χ0n) is 7.45. The Labute approximate surface area is 73.6 Å². The predicted molar refractivity (Wildman–Crippen MR) is 52.7 cm³/mol. The SMILES string of the molecule is C=CN(C=C)C1=NC=C(C)CC1. The van der Waals surface area contributed by atoms with Gasteiger partial charge in [-0.2, -0.15) is 0 Å². The lowest BCUT2D eigenvalue weighted by Gasteiger charge is -2.19. The van der Waals surface area contributed by atoms with Crippen LogP contribution in [0.3, 0.4) is 0 Å². The monoisotopic (exact) mass is 162 g/mol. The second-order valence-electron chi connectivity index (χ2n) is 2.79. The van der Waals surface area contributed by atoms with Crippen molar-refractivity contribution in [3.63, 3.8) is 0 Å².